The van der Waals surface area contributed by atoms with Crippen molar-refractivity contribution in [2.45, 2.75) is 19.9 Å². The fraction of sp³-hybridized carbons (Fsp3) is 0.208. The molecule has 1 N–H and O–H groups in total. The molecule has 0 bridgehead atoms. The third kappa shape index (κ3) is 4.30. The number of methoxy groups -OCH3 is 1. The number of rotatable bonds is 6. The van der Waals surface area contributed by atoms with Gasteiger partial charge in [-0.05, 0) is 43.7 Å². The highest BCUT2D eigenvalue weighted by Gasteiger charge is 2.18. The second-order valence-corrected chi connectivity index (χ2v) is 7.77. The number of nitrogens with one attached hydrogen (secondary N) is 1. The monoisotopic (exact) mass is 449 g/mol. The van der Waals surface area contributed by atoms with Gasteiger partial charge in [0.25, 0.3) is 5.56 Å². The molecule has 1 unspecified atom stereocenters. The molecule has 33 heavy (non-hydrogen) atoms. The Labute approximate surface area is 189 Å². The summed E-state index contributed by atoms with van der Waals surface area (Å²) >= 11 is 0. The van der Waals surface area contributed by atoms with E-state index >= 15 is 0 Å². The minimum atomic E-state index is -0.583. The largest absolute Gasteiger partial charge is 0.494 e. The zero-order valence-electron chi connectivity index (χ0n) is 18.7. The van der Waals surface area contributed by atoms with E-state index in [-0.39, 0.29) is 11.5 Å². The van der Waals surface area contributed by atoms with Crippen molar-refractivity contribution >= 4 is 11.4 Å². The molecule has 4 aromatic rings. The summed E-state index contributed by atoms with van der Waals surface area (Å²) in [4.78, 5) is 30.3. The first kappa shape index (κ1) is 22.1. The maximum atomic E-state index is 13.3. The van der Waals surface area contributed by atoms with E-state index in [0.29, 0.717) is 17.0 Å². The highest BCUT2D eigenvalue weighted by molar-refractivity contribution is 5.64. The first-order chi connectivity index (χ1) is 15.8. The van der Waals surface area contributed by atoms with E-state index in [9.17, 15) is 14.0 Å². The SMILES string of the molecule is COc1cc(Nc2cn(C)c(=O)n(C(C)c3ccc(F)cc3)c2=O)ccc1-n1cnc(C)c1. The zero-order valence-corrected chi connectivity index (χ0v) is 18.7. The van der Waals surface area contributed by atoms with Crippen molar-refractivity contribution in [3.63, 3.8) is 0 Å². The van der Waals surface area contributed by atoms with Gasteiger partial charge in [0.15, 0.2) is 0 Å². The van der Waals surface area contributed by atoms with Crippen LogP contribution in [0.25, 0.3) is 5.69 Å². The second kappa shape index (κ2) is 8.78. The molecule has 2 heterocycles. The number of ether oxygens (including phenoxy) is 1. The number of benzene rings is 2. The Morgan fingerprint density at radius 3 is 2.45 bits per heavy atom. The van der Waals surface area contributed by atoms with Gasteiger partial charge in [-0.1, -0.05) is 12.1 Å². The Hall–Kier alpha value is -4.14. The molecule has 0 radical (unpaired) electrons. The smallest absolute Gasteiger partial charge is 0.331 e. The molecule has 0 saturated carbocycles. The lowest BCUT2D eigenvalue weighted by Gasteiger charge is -2.18. The summed E-state index contributed by atoms with van der Waals surface area (Å²) < 4.78 is 23.2. The average molecular weight is 449 g/mol. The van der Waals surface area contributed by atoms with Crippen LogP contribution in [0.1, 0.15) is 24.2 Å². The molecule has 0 aliphatic rings. The number of aryl methyl sites for hydroxylation is 2. The minimum absolute atomic E-state index is 0.222. The molecule has 0 amide bonds. The summed E-state index contributed by atoms with van der Waals surface area (Å²) in [6, 6.07) is 10.6. The molecule has 1 atom stereocenters. The lowest BCUT2D eigenvalue weighted by atomic mass is 10.1. The maximum Gasteiger partial charge on any atom is 0.331 e. The van der Waals surface area contributed by atoms with E-state index in [0.717, 1.165) is 15.9 Å². The number of aromatic nitrogens is 4. The molecule has 2 aromatic carbocycles. The third-order valence-corrected chi connectivity index (χ3v) is 5.47. The van der Waals surface area contributed by atoms with Crippen LogP contribution in [0.5, 0.6) is 5.75 Å². The summed E-state index contributed by atoms with van der Waals surface area (Å²) in [5.74, 6) is 0.201. The molecule has 0 aliphatic heterocycles. The number of hydrogen-bond acceptors (Lipinski definition) is 5. The first-order valence-corrected chi connectivity index (χ1v) is 10.3. The Kier molecular flexibility index (Phi) is 5.87. The highest BCUT2D eigenvalue weighted by atomic mass is 19.1. The maximum absolute atomic E-state index is 13.3. The Morgan fingerprint density at radius 2 is 1.82 bits per heavy atom. The van der Waals surface area contributed by atoms with Crippen LogP contribution in [0.2, 0.25) is 0 Å². The molecular formula is C24H24FN5O3. The van der Waals surface area contributed by atoms with Crippen LogP contribution >= 0.6 is 0 Å². The van der Waals surface area contributed by atoms with Gasteiger partial charge >= 0.3 is 5.69 Å². The molecular weight excluding hydrogens is 425 g/mol. The lowest BCUT2D eigenvalue weighted by Crippen LogP contribution is -2.41. The standard InChI is InChI=1S/C24H24FN5O3/c1-15-12-29(14-26-15)21-10-9-19(11-22(21)33-4)27-20-13-28(3)24(32)30(23(20)31)16(2)17-5-7-18(25)8-6-17/h5-14,16,27H,1-4H3. The van der Waals surface area contributed by atoms with Gasteiger partial charge in [0.1, 0.15) is 17.3 Å². The van der Waals surface area contributed by atoms with Crippen molar-refractivity contribution in [2.24, 2.45) is 7.05 Å². The van der Waals surface area contributed by atoms with E-state index in [1.54, 1.807) is 45.6 Å². The fourth-order valence-corrected chi connectivity index (χ4v) is 3.69. The Balaban J connectivity index is 1.72. The number of halogens is 1. The van der Waals surface area contributed by atoms with Crippen molar-refractivity contribution in [3.05, 3.63) is 99.1 Å². The second-order valence-electron chi connectivity index (χ2n) is 7.77. The van der Waals surface area contributed by atoms with E-state index in [4.69, 9.17) is 4.74 Å². The number of nitrogens with zero attached hydrogens (tertiary/aromatic N) is 4. The molecule has 0 saturated heterocycles. The molecule has 0 spiro atoms. The zero-order chi connectivity index (χ0) is 23.7. The van der Waals surface area contributed by atoms with Gasteiger partial charge in [-0.15, -0.1) is 0 Å². The predicted molar refractivity (Wildman–Crippen MR) is 124 cm³/mol. The van der Waals surface area contributed by atoms with Crippen molar-refractivity contribution in [3.8, 4) is 11.4 Å². The van der Waals surface area contributed by atoms with Gasteiger partial charge in [0.05, 0.1) is 30.9 Å². The predicted octanol–water partition coefficient (Wildman–Crippen LogP) is 3.54. The van der Waals surface area contributed by atoms with Crippen LogP contribution in [0.3, 0.4) is 0 Å². The minimum Gasteiger partial charge on any atom is -0.494 e. The van der Waals surface area contributed by atoms with Crippen molar-refractivity contribution < 1.29 is 9.13 Å². The fourth-order valence-electron chi connectivity index (χ4n) is 3.69. The highest BCUT2D eigenvalue weighted by Crippen LogP contribution is 2.28. The average Bonchev–Trinajstić information content (AvgIpc) is 3.23. The van der Waals surface area contributed by atoms with E-state index in [1.807, 2.05) is 29.8 Å². The van der Waals surface area contributed by atoms with Gasteiger partial charge in [-0.2, -0.15) is 0 Å². The van der Waals surface area contributed by atoms with Gasteiger partial charge in [0.2, 0.25) is 0 Å². The summed E-state index contributed by atoms with van der Waals surface area (Å²) in [5, 5.41) is 3.10. The third-order valence-electron chi connectivity index (χ3n) is 5.47. The number of hydrogen-bond donors (Lipinski definition) is 1. The molecule has 2 aromatic heterocycles. The van der Waals surface area contributed by atoms with Crippen LogP contribution in [0.4, 0.5) is 15.8 Å². The molecule has 8 nitrogen and oxygen atoms in total. The molecule has 9 heteroatoms. The van der Waals surface area contributed by atoms with Gasteiger partial charge < -0.3 is 19.2 Å². The summed E-state index contributed by atoms with van der Waals surface area (Å²) in [6.07, 6.45) is 5.04. The van der Waals surface area contributed by atoms with Gasteiger partial charge in [-0.25, -0.2) is 14.2 Å². The Morgan fingerprint density at radius 1 is 1.09 bits per heavy atom. The topological polar surface area (TPSA) is 83.1 Å². The molecule has 170 valence electrons. The lowest BCUT2D eigenvalue weighted by molar-refractivity contribution is 0.413. The van der Waals surface area contributed by atoms with Crippen LogP contribution < -0.4 is 21.3 Å². The molecule has 0 fully saturated rings. The Bertz CT molecular complexity index is 1420. The van der Waals surface area contributed by atoms with Crippen LogP contribution in [0, 0.1) is 12.7 Å². The number of anilines is 2. The van der Waals surface area contributed by atoms with Gasteiger partial charge in [-0.3, -0.25) is 9.36 Å². The van der Waals surface area contributed by atoms with Crippen LogP contribution in [0.15, 0.2) is 70.8 Å². The van der Waals surface area contributed by atoms with E-state index in [1.165, 1.54) is 22.9 Å². The quantitative estimate of drug-likeness (QED) is 0.487. The van der Waals surface area contributed by atoms with Crippen molar-refractivity contribution in [1.29, 1.82) is 0 Å². The van der Waals surface area contributed by atoms with E-state index in [2.05, 4.69) is 10.3 Å². The summed E-state index contributed by atoms with van der Waals surface area (Å²) in [7, 11) is 3.14. The van der Waals surface area contributed by atoms with Crippen LogP contribution in [-0.2, 0) is 7.05 Å². The summed E-state index contributed by atoms with van der Waals surface area (Å²) in [6.45, 7) is 3.63. The van der Waals surface area contributed by atoms with Crippen LogP contribution in [-0.4, -0.2) is 25.8 Å². The van der Waals surface area contributed by atoms with Gasteiger partial charge in [0, 0.05) is 31.2 Å². The summed E-state index contributed by atoms with van der Waals surface area (Å²) in [5.41, 5.74) is 2.21. The molecule has 0 aliphatic carbocycles. The van der Waals surface area contributed by atoms with E-state index < -0.39 is 17.3 Å². The number of imidazole rings is 1. The first-order valence-electron chi connectivity index (χ1n) is 10.3. The normalized spacial score (nSPS) is 11.9. The molecule has 4 rings (SSSR count). The van der Waals surface area contributed by atoms with Crippen molar-refractivity contribution in [2.75, 3.05) is 12.4 Å². The van der Waals surface area contributed by atoms with Crippen molar-refractivity contribution in [1.82, 2.24) is 18.7 Å².